The van der Waals surface area contributed by atoms with Crippen LogP contribution in [0.25, 0.3) is 0 Å². The summed E-state index contributed by atoms with van der Waals surface area (Å²) in [5.41, 5.74) is 0. The lowest BCUT2D eigenvalue weighted by atomic mass is 10.1. The van der Waals surface area contributed by atoms with Crippen LogP contribution in [0.4, 0.5) is 0 Å². The van der Waals surface area contributed by atoms with Gasteiger partial charge in [-0.2, -0.15) is 0 Å². The maximum absolute atomic E-state index is 8.43. The number of rotatable bonds is 5. The van der Waals surface area contributed by atoms with Crippen molar-refractivity contribution >= 4 is 17.4 Å². The molecule has 0 saturated carbocycles. The van der Waals surface area contributed by atoms with E-state index in [0.29, 0.717) is 6.61 Å². The summed E-state index contributed by atoms with van der Waals surface area (Å²) >= 11 is 0. The molecule has 10 heavy (non-hydrogen) atoms. The van der Waals surface area contributed by atoms with Crippen LogP contribution in [0.5, 0.6) is 0 Å². The van der Waals surface area contributed by atoms with Crippen LogP contribution in [0.15, 0.2) is 0 Å². The Hall–Kier alpha value is 0.492. The maximum Gasteiger partial charge on any atom is 0.0431 e. The van der Waals surface area contributed by atoms with Gasteiger partial charge in [-0.05, 0) is 12.3 Å². The Kier molecular flexibility index (Phi) is 12.4. The fraction of sp³-hybridized carbons (Fsp3) is 1.00. The van der Waals surface area contributed by atoms with E-state index in [9.17, 15) is 0 Å². The van der Waals surface area contributed by atoms with Crippen LogP contribution in [0, 0.1) is 5.92 Å². The zero-order valence-electron chi connectivity index (χ0n) is 7.14. The van der Waals surface area contributed by atoms with Crippen molar-refractivity contribution < 1.29 is 5.11 Å². The largest absolute Gasteiger partial charge is 0.396 e. The highest BCUT2D eigenvalue weighted by Crippen LogP contribution is 2.06. The summed E-state index contributed by atoms with van der Waals surface area (Å²) in [7, 11) is 0. The minimum atomic E-state index is 0. The van der Waals surface area contributed by atoms with Crippen molar-refractivity contribution in [2.75, 3.05) is 6.61 Å². The van der Waals surface area contributed by atoms with Crippen molar-refractivity contribution in [2.24, 2.45) is 5.92 Å². The third-order valence-electron chi connectivity index (χ3n) is 1.44. The van der Waals surface area contributed by atoms with Gasteiger partial charge in [-0.25, -0.2) is 0 Å². The molecule has 0 aliphatic rings. The highest BCUT2D eigenvalue weighted by molar-refractivity contribution is 5.75. The van der Waals surface area contributed by atoms with Crippen molar-refractivity contribution in [2.45, 2.75) is 39.5 Å². The molecule has 0 rings (SSSR count). The molecular weight excluding hydrogens is 139 g/mol. The van der Waals surface area contributed by atoms with Gasteiger partial charge in [-0.1, -0.05) is 33.1 Å². The molecule has 0 fully saturated rings. The van der Waals surface area contributed by atoms with E-state index < -0.39 is 0 Å². The van der Waals surface area contributed by atoms with Crippen molar-refractivity contribution in [3.05, 3.63) is 0 Å². The summed E-state index contributed by atoms with van der Waals surface area (Å²) in [4.78, 5) is 0. The van der Waals surface area contributed by atoms with Gasteiger partial charge in [0.15, 0.2) is 0 Å². The van der Waals surface area contributed by atoms with Crippen molar-refractivity contribution in [3.63, 3.8) is 0 Å². The topological polar surface area (TPSA) is 20.2 Å². The number of unbranched alkanes of at least 4 members (excludes halogenated alkanes) is 2. The van der Waals surface area contributed by atoms with Gasteiger partial charge in [0.05, 0.1) is 0 Å². The quantitative estimate of drug-likeness (QED) is 0.476. The maximum atomic E-state index is 8.43. The summed E-state index contributed by atoms with van der Waals surface area (Å²) in [6.07, 6.45) is 4.75. The number of aliphatic hydroxyl groups is 1. The molecule has 1 nitrogen and oxygen atoms in total. The Labute approximate surface area is 75.0 Å². The molecule has 0 aliphatic carbocycles. The van der Waals surface area contributed by atoms with E-state index in [1.165, 1.54) is 19.3 Å². The third-order valence-corrected chi connectivity index (χ3v) is 1.44. The molecule has 59 valence electrons. The Morgan fingerprint density at radius 2 is 1.70 bits per heavy atom. The van der Waals surface area contributed by atoms with Crippen LogP contribution in [-0.2, 0) is 0 Å². The predicted octanol–water partition coefficient (Wildman–Crippen LogP) is 1.81. The molecule has 0 aromatic carbocycles. The SMILES string of the molecule is CC(C)CCCCCO.[Al]. The minimum Gasteiger partial charge on any atom is -0.396 e. The zero-order valence-corrected chi connectivity index (χ0v) is 8.29. The van der Waals surface area contributed by atoms with E-state index in [2.05, 4.69) is 13.8 Å². The molecule has 0 aliphatic heterocycles. The lowest BCUT2D eigenvalue weighted by Gasteiger charge is -2.01. The Bertz CT molecular complexity index is 55.2. The van der Waals surface area contributed by atoms with Crippen molar-refractivity contribution in [1.29, 1.82) is 0 Å². The summed E-state index contributed by atoms with van der Waals surface area (Å²) in [6, 6.07) is 0. The van der Waals surface area contributed by atoms with Crippen LogP contribution >= 0.6 is 0 Å². The zero-order chi connectivity index (χ0) is 7.11. The standard InChI is InChI=1S/C8H18O.Al/c1-8(2)6-4-3-5-7-9;/h8-9H,3-7H2,1-2H3;. The number of hydrogen-bond donors (Lipinski definition) is 1. The molecule has 0 unspecified atom stereocenters. The molecule has 3 radical (unpaired) electrons. The summed E-state index contributed by atoms with van der Waals surface area (Å²) in [6.45, 7) is 4.83. The molecule has 1 N–H and O–H groups in total. The highest BCUT2D eigenvalue weighted by atomic mass is 27.0. The van der Waals surface area contributed by atoms with Crippen LogP contribution in [0.2, 0.25) is 0 Å². The molecule has 0 spiro atoms. The fourth-order valence-electron chi connectivity index (χ4n) is 0.841. The third kappa shape index (κ3) is 11.3. The van der Waals surface area contributed by atoms with Gasteiger partial charge in [0.25, 0.3) is 0 Å². The lowest BCUT2D eigenvalue weighted by Crippen LogP contribution is -1.88. The van der Waals surface area contributed by atoms with Gasteiger partial charge in [-0.3, -0.25) is 0 Å². The normalized spacial score (nSPS) is 9.60. The van der Waals surface area contributed by atoms with E-state index in [-0.39, 0.29) is 17.4 Å². The highest BCUT2D eigenvalue weighted by Gasteiger charge is 1.92. The van der Waals surface area contributed by atoms with Crippen molar-refractivity contribution in [3.8, 4) is 0 Å². The molecule has 0 saturated heterocycles. The van der Waals surface area contributed by atoms with Crippen LogP contribution in [0.1, 0.15) is 39.5 Å². The monoisotopic (exact) mass is 157 g/mol. The number of hydrogen-bond acceptors (Lipinski definition) is 1. The van der Waals surface area contributed by atoms with Gasteiger partial charge >= 0.3 is 0 Å². The lowest BCUT2D eigenvalue weighted by molar-refractivity contribution is 0.281. The summed E-state index contributed by atoms with van der Waals surface area (Å²) in [5, 5.41) is 8.43. The van der Waals surface area contributed by atoms with Crippen LogP contribution in [-0.4, -0.2) is 29.1 Å². The summed E-state index contributed by atoms with van der Waals surface area (Å²) < 4.78 is 0. The van der Waals surface area contributed by atoms with Gasteiger partial charge in [0.1, 0.15) is 0 Å². The molecule has 0 atom stereocenters. The molecule has 2 heteroatoms. The Morgan fingerprint density at radius 3 is 2.10 bits per heavy atom. The van der Waals surface area contributed by atoms with Crippen LogP contribution < -0.4 is 0 Å². The Morgan fingerprint density at radius 1 is 1.10 bits per heavy atom. The van der Waals surface area contributed by atoms with Gasteiger partial charge < -0.3 is 5.11 Å². The molecular formula is C8H18AlO. The second-order valence-electron chi connectivity index (χ2n) is 2.97. The van der Waals surface area contributed by atoms with Gasteiger partial charge in [-0.15, -0.1) is 0 Å². The van der Waals surface area contributed by atoms with Gasteiger partial charge in [0.2, 0.25) is 0 Å². The molecule has 0 heterocycles. The smallest absolute Gasteiger partial charge is 0.0431 e. The van der Waals surface area contributed by atoms with E-state index in [4.69, 9.17) is 5.11 Å². The average Bonchev–Trinajstić information content (AvgIpc) is 1.80. The van der Waals surface area contributed by atoms with E-state index in [1.807, 2.05) is 0 Å². The first kappa shape index (κ1) is 13.1. The molecule has 0 aromatic heterocycles. The first-order valence-electron chi connectivity index (χ1n) is 3.88. The van der Waals surface area contributed by atoms with Gasteiger partial charge in [0, 0.05) is 24.0 Å². The molecule has 0 aromatic rings. The summed E-state index contributed by atoms with van der Waals surface area (Å²) in [5.74, 6) is 0.823. The fourth-order valence-corrected chi connectivity index (χ4v) is 0.841. The van der Waals surface area contributed by atoms with E-state index >= 15 is 0 Å². The average molecular weight is 157 g/mol. The molecule has 0 bridgehead atoms. The van der Waals surface area contributed by atoms with Crippen molar-refractivity contribution in [1.82, 2.24) is 0 Å². The number of aliphatic hydroxyl groups excluding tert-OH is 1. The Balaban J connectivity index is 0. The second kappa shape index (κ2) is 9.49. The predicted molar refractivity (Wildman–Crippen MR) is 46.1 cm³/mol. The van der Waals surface area contributed by atoms with E-state index in [1.54, 1.807) is 0 Å². The first-order valence-corrected chi connectivity index (χ1v) is 3.88. The van der Waals surface area contributed by atoms with E-state index in [0.717, 1.165) is 12.3 Å². The minimum absolute atomic E-state index is 0. The second-order valence-corrected chi connectivity index (χ2v) is 2.97. The first-order chi connectivity index (χ1) is 4.27. The van der Waals surface area contributed by atoms with Crippen LogP contribution in [0.3, 0.4) is 0 Å². The molecule has 0 amide bonds.